The lowest BCUT2D eigenvalue weighted by Gasteiger charge is -2.31. The minimum absolute atomic E-state index is 0.235. The first kappa shape index (κ1) is 33.0. The molecule has 2 amide bonds. The minimum atomic E-state index is -0.734. The first-order chi connectivity index (χ1) is 20.7. The molecule has 0 spiro atoms. The van der Waals surface area contributed by atoms with E-state index in [1.54, 1.807) is 11.8 Å². The number of benzene rings is 2. The number of rotatable bonds is 13. The Kier molecular flexibility index (Phi) is 12.5. The Bertz CT molecular complexity index is 1240. The van der Waals surface area contributed by atoms with Gasteiger partial charge < -0.3 is 15.4 Å². The monoisotopic (exact) mass is 625 g/mol. The second kappa shape index (κ2) is 16.2. The maximum atomic E-state index is 13.5. The summed E-state index contributed by atoms with van der Waals surface area (Å²) in [6.07, 6.45) is 6.27. The zero-order valence-corrected chi connectivity index (χ0v) is 26.9. The standard InChI is InChI=1S/C33H43N3O5S2/c1-33(2,3)41-36-29(23-43-30(36)19-37)32(39)35-28(22-42-21-26-12-8-5-9-13-26)31(38)34-18-24-14-16-27(17-15-24)40-20-25-10-6-4-7-11-25/h4,6-7,10-11,14-17,26,28-29H,5,8-9,12-13,18,20-23H2,1-3H3,(H,34,38)(H,35,39)/t28-,29-/m0/s1. The number of hydrogen-bond acceptors (Lipinski definition) is 8. The second-order valence-electron chi connectivity index (χ2n) is 12.0. The summed E-state index contributed by atoms with van der Waals surface area (Å²) in [6, 6.07) is 16.2. The Morgan fingerprint density at radius 2 is 1.77 bits per heavy atom. The van der Waals surface area contributed by atoms with Gasteiger partial charge in [-0.25, -0.2) is 9.86 Å². The van der Waals surface area contributed by atoms with E-state index in [2.05, 4.69) is 10.6 Å². The van der Waals surface area contributed by atoms with Crippen molar-refractivity contribution in [3.8, 4) is 5.75 Å². The van der Waals surface area contributed by atoms with Gasteiger partial charge in [0.1, 0.15) is 24.4 Å². The van der Waals surface area contributed by atoms with Gasteiger partial charge in [-0.05, 0) is 68.5 Å². The Balaban J connectivity index is 1.35. The Morgan fingerprint density at radius 3 is 2.44 bits per heavy atom. The largest absolute Gasteiger partial charge is 0.489 e. The molecule has 232 valence electrons. The number of carbonyl (C=O) groups excluding carboxylic acids is 3. The van der Waals surface area contributed by atoms with Crippen molar-refractivity contribution in [1.29, 1.82) is 0 Å². The van der Waals surface area contributed by atoms with E-state index in [1.807, 2.05) is 81.3 Å². The molecule has 0 radical (unpaired) electrons. The average molecular weight is 626 g/mol. The summed E-state index contributed by atoms with van der Waals surface area (Å²) in [5.41, 5.74) is 1.41. The van der Waals surface area contributed by atoms with Crippen LogP contribution in [-0.2, 0) is 32.4 Å². The molecule has 2 fully saturated rings. The zero-order chi connectivity index (χ0) is 30.7. The normalized spacial score (nSPS) is 18.2. The predicted octanol–water partition coefficient (Wildman–Crippen LogP) is 5.50. The van der Waals surface area contributed by atoms with E-state index in [9.17, 15) is 14.4 Å². The van der Waals surface area contributed by atoms with Crippen LogP contribution in [0.3, 0.4) is 0 Å². The number of thioether (sulfide) groups is 2. The van der Waals surface area contributed by atoms with Crippen LogP contribution in [0, 0.1) is 5.92 Å². The quantitative estimate of drug-likeness (QED) is 0.282. The van der Waals surface area contributed by atoms with Gasteiger partial charge in [-0.15, -0.1) is 0 Å². The van der Waals surface area contributed by atoms with Crippen molar-refractivity contribution < 1.29 is 24.0 Å². The van der Waals surface area contributed by atoms with Gasteiger partial charge >= 0.3 is 0 Å². The molecule has 2 atom stereocenters. The van der Waals surface area contributed by atoms with Crippen molar-refractivity contribution in [2.75, 3.05) is 17.3 Å². The maximum Gasteiger partial charge on any atom is 0.246 e. The van der Waals surface area contributed by atoms with Crippen LogP contribution in [-0.4, -0.2) is 57.8 Å². The van der Waals surface area contributed by atoms with E-state index >= 15 is 0 Å². The van der Waals surface area contributed by atoms with Gasteiger partial charge in [-0.3, -0.25) is 14.4 Å². The molecule has 10 heteroatoms. The smallest absolute Gasteiger partial charge is 0.246 e. The lowest BCUT2D eigenvalue weighted by molar-refractivity contribution is -0.214. The summed E-state index contributed by atoms with van der Waals surface area (Å²) in [6.45, 7) is 6.38. The van der Waals surface area contributed by atoms with E-state index < -0.39 is 17.7 Å². The predicted molar refractivity (Wildman–Crippen MR) is 173 cm³/mol. The average Bonchev–Trinajstić information content (AvgIpc) is 3.41. The topological polar surface area (TPSA) is 97.0 Å². The van der Waals surface area contributed by atoms with Crippen LogP contribution in [0.4, 0.5) is 0 Å². The molecule has 2 aliphatic rings. The number of nitrogens with one attached hydrogen (secondary N) is 2. The van der Waals surface area contributed by atoms with Crippen molar-refractivity contribution in [3.05, 3.63) is 70.8 Å². The van der Waals surface area contributed by atoms with E-state index in [-0.39, 0.29) is 16.8 Å². The molecule has 1 aliphatic carbocycles. The molecule has 1 heterocycles. The molecule has 1 saturated carbocycles. The maximum absolute atomic E-state index is 13.5. The zero-order valence-electron chi connectivity index (χ0n) is 25.3. The fourth-order valence-corrected chi connectivity index (χ4v) is 7.23. The minimum Gasteiger partial charge on any atom is -0.489 e. The highest BCUT2D eigenvalue weighted by molar-refractivity contribution is 8.03. The SMILES string of the molecule is CC(C)(C)ON1C(=C=O)SC[C@H]1C(=O)N[C@@H](CSCC1CCCCC1)C(=O)NCc1ccc(OCc2ccccc2)cc1. The molecule has 8 nitrogen and oxygen atoms in total. The van der Waals surface area contributed by atoms with Crippen LogP contribution < -0.4 is 15.4 Å². The van der Waals surface area contributed by atoms with E-state index in [0.29, 0.717) is 30.6 Å². The van der Waals surface area contributed by atoms with Gasteiger partial charge in [-0.2, -0.15) is 11.8 Å². The van der Waals surface area contributed by atoms with Crippen molar-refractivity contribution in [3.63, 3.8) is 0 Å². The van der Waals surface area contributed by atoms with Gasteiger partial charge in [0, 0.05) is 18.1 Å². The van der Waals surface area contributed by atoms with Crippen molar-refractivity contribution >= 4 is 41.3 Å². The Labute approximate surface area is 263 Å². The van der Waals surface area contributed by atoms with Crippen molar-refractivity contribution in [1.82, 2.24) is 15.7 Å². The highest BCUT2D eigenvalue weighted by Crippen LogP contribution is 2.33. The highest BCUT2D eigenvalue weighted by atomic mass is 32.2. The lowest BCUT2D eigenvalue weighted by atomic mass is 9.91. The summed E-state index contributed by atoms with van der Waals surface area (Å²) < 4.78 is 5.87. The van der Waals surface area contributed by atoms with Crippen LogP contribution in [0.15, 0.2) is 59.6 Å². The third-order valence-electron chi connectivity index (χ3n) is 7.26. The van der Waals surface area contributed by atoms with Crippen LogP contribution >= 0.6 is 23.5 Å². The number of hydroxylamine groups is 2. The highest BCUT2D eigenvalue weighted by Gasteiger charge is 2.40. The molecular weight excluding hydrogens is 583 g/mol. The number of hydrogen-bond donors (Lipinski definition) is 2. The third kappa shape index (κ3) is 10.6. The van der Waals surface area contributed by atoms with Gasteiger partial charge in [0.2, 0.25) is 11.8 Å². The van der Waals surface area contributed by atoms with Crippen LogP contribution in [0.5, 0.6) is 5.75 Å². The summed E-state index contributed by atoms with van der Waals surface area (Å²) in [5.74, 6) is 4.49. The molecule has 43 heavy (non-hydrogen) atoms. The first-order valence-corrected chi connectivity index (χ1v) is 17.1. The molecule has 2 N–H and O–H groups in total. The third-order valence-corrected chi connectivity index (χ3v) is 9.55. The molecule has 1 saturated heterocycles. The molecule has 0 bridgehead atoms. The van der Waals surface area contributed by atoms with Gasteiger partial charge in [0.15, 0.2) is 11.0 Å². The van der Waals surface area contributed by atoms with E-state index in [1.165, 1.54) is 48.9 Å². The van der Waals surface area contributed by atoms with Crippen LogP contribution in [0.25, 0.3) is 0 Å². The summed E-state index contributed by atoms with van der Waals surface area (Å²) in [5, 5.41) is 7.55. The molecular formula is C33H43N3O5S2. The summed E-state index contributed by atoms with van der Waals surface area (Å²) >= 11 is 2.94. The fraction of sp³-hybridized carbons (Fsp3) is 0.515. The molecule has 0 unspecified atom stereocenters. The number of ether oxygens (including phenoxy) is 1. The summed E-state index contributed by atoms with van der Waals surface area (Å²) in [7, 11) is 0. The van der Waals surface area contributed by atoms with E-state index in [4.69, 9.17) is 9.57 Å². The van der Waals surface area contributed by atoms with Gasteiger partial charge in [0.05, 0.1) is 5.60 Å². The molecule has 2 aromatic rings. The van der Waals surface area contributed by atoms with Gasteiger partial charge in [0.25, 0.3) is 0 Å². The van der Waals surface area contributed by atoms with Crippen LogP contribution in [0.1, 0.15) is 64.0 Å². The Hall–Kier alpha value is -2.91. The van der Waals surface area contributed by atoms with Gasteiger partial charge in [-0.1, -0.05) is 73.5 Å². The van der Waals surface area contributed by atoms with Crippen molar-refractivity contribution in [2.24, 2.45) is 5.92 Å². The molecule has 1 aliphatic heterocycles. The first-order valence-electron chi connectivity index (χ1n) is 15.0. The second-order valence-corrected chi connectivity index (χ2v) is 14.1. The lowest BCUT2D eigenvalue weighted by Crippen LogP contribution is -2.54. The Morgan fingerprint density at radius 1 is 1.05 bits per heavy atom. The molecule has 2 aromatic carbocycles. The number of amides is 2. The van der Waals surface area contributed by atoms with E-state index in [0.717, 1.165) is 22.6 Å². The molecule has 4 rings (SSSR count). The van der Waals surface area contributed by atoms with Crippen LogP contribution in [0.2, 0.25) is 0 Å². The van der Waals surface area contributed by atoms with Crippen molar-refractivity contribution in [2.45, 2.75) is 83.7 Å². The number of carbonyl (C=O) groups is 2. The molecule has 0 aromatic heterocycles. The summed E-state index contributed by atoms with van der Waals surface area (Å²) in [4.78, 5) is 44.3. The number of nitrogens with zero attached hydrogens (tertiary/aromatic N) is 1. The fourth-order valence-electron chi connectivity index (χ4n) is 5.00.